The predicted octanol–water partition coefficient (Wildman–Crippen LogP) is 0.677. The number of carbonyl (C=O) groups is 2. The van der Waals surface area contributed by atoms with E-state index in [0.29, 0.717) is 13.0 Å². The third kappa shape index (κ3) is 0.895. The Labute approximate surface area is 63.8 Å². The minimum absolute atomic E-state index is 0.0650. The third-order valence-corrected chi connectivity index (χ3v) is 2.51. The largest absolute Gasteiger partial charge is 0.465 e. The number of imide groups is 1. The molecule has 0 atom stereocenters. The molecule has 4 nitrogen and oxygen atoms in total. The smallest absolute Gasteiger partial charge is 0.414 e. The molecule has 1 aliphatic heterocycles. The van der Waals surface area contributed by atoms with Crippen molar-refractivity contribution >= 4 is 12.0 Å². The van der Waals surface area contributed by atoms with Gasteiger partial charge in [0.1, 0.15) is 0 Å². The molecule has 1 spiro atoms. The molecule has 0 bridgehead atoms. The number of carboxylic acid groups (broad SMARTS) is 1. The summed E-state index contributed by atoms with van der Waals surface area (Å²) in [6.07, 6.45) is 1.38. The summed E-state index contributed by atoms with van der Waals surface area (Å²) in [7, 11) is 0. The fourth-order valence-corrected chi connectivity index (χ4v) is 1.58. The maximum Gasteiger partial charge on any atom is 0.414 e. The summed E-state index contributed by atoms with van der Waals surface area (Å²) < 4.78 is 0. The van der Waals surface area contributed by atoms with E-state index in [0.717, 1.165) is 17.7 Å². The van der Waals surface area contributed by atoms with Crippen molar-refractivity contribution in [2.75, 3.05) is 6.54 Å². The molecule has 60 valence electrons. The van der Waals surface area contributed by atoms with Gasteiger partial charge in [0, 0.05) is 13.0 Å². The van der Waals surface area contributed by atoms with E-state index in [1.807, 2.05) is 0 Å². The Morgan fingerprint density at radius 1 is 1.55 bits per heavy atom. The van der Waals surface area contributed by atoms with Crippen LogP contribution in [-0.2, 0) is 4.79 Å². The highest BCUT2D eigenvalue weighted by atomic mass is 16.4. The minimum atomic E-state index is -1.10. The van der Waals surface area contributed by atoms with Crippen molar-refractivity contribution in [1.29, 1.82) is 0 Å². The second-order valence-corrected chi connectivity index (χ2v) is 3.44. The lowest BCUT2D eigenvalue weighted by Crippen LogP contribution is -2.30. The first-order valence-electron chi connectivity index (χ1n) is 3.66. The first kappa shape index (κ1) is 6.64. The van der Waals surface area contributed by atoms with Gasteiger partial charge in [-0.2, -0.15) is 0 Å². The summed E-state index contributed by atoms with van der Waals surface area (Å²) in [6.45, 7) is 0.432. The average Bonchev–Trinajstić information content (AvgIpc) is 2.54. The van der Waals surface area contributed by atoms with Gasteiger partial charge in [0.2, 0.25) is 5.91 Å². The van der Waals surface area contributed by atoms with Crippen LogP contribution in [0.5, 0.6) is 0 Å². The number of rotatable bonds is 0. The molecular formula is C7H9NO3. The molecule has 2 rings (SSSR count). The number of amides is 2. The van der Waals surface area contributed by atoms with Gasteiger partial charge >= 0.3 is 6.09 Å². The zero-order chi connectivity index (χ0) is 8.06. The van der Waals surface area contributed by atoms with E-state index in [9.17, 15) is 9.59 Å². The van der Waals surface area contributed by atoms with Gasteiger partial charge < -0.3 is 5.11 Å². The summed E-state index contributed by atoms with van der Waals surface area (Å²) in [4.78, 5) is 22.4. The van der Waals surface area contributed by atoms with Gasteiger partial charge in [0.15, 0.2) is 0 Å². The highest BCUT2D eigenvalue weighted by molar-refractivity contribution is 5.93. The number of likely N-dealkylation sites (tertiary alicyclic amines) is 1. The molecule has 4 heteroatoms. The van der Waals surface area contributed by atoms with Gasteiger partial charge in [-0.15, -0.1) is 0 Å². The van der Waals surface area contributed by atoms with Crippen LogP contribution in [-0.4, -0.2) is 28.6 Å². The van der Waals surface area contributed by atoms with Crippen LogP contribution in [0.2, 0.25) is 0 Å². The Morgan fingerprint density at radius 3 is 2.45 bits per heavy atom. The molecule has 2 aliphatic rings. The second kappa shape index (κ2) is 1.75. The Morgan fingerprint density at radius 2 is 2.18 bits per heavy atom. The number of carbonyl (C=O) groups excluding carboxylic acids is 1. The summed E-state index contributed by atoms with van der Waals surface area (Å²) in [5.74, 6) is -0.227. The Hall–Kier alpha value is -1.06. The molecule has 11 heavy (non-hydrogen) atoms. The van der Waals surface area contributed by atoms with Gasteiger partial charge in [-0.3, -0.25) is 4.79 Å². The fourth-order valence-electron chi connectivity index (χ4n) is 1.58. The molecule has 1 saturated carbocycles. The van der Waals surface area contributed by atoms with Crippen LogP contribution < -0.4 is 0 Å². The summed E-state index contributed by atoms with van der Waals surface area (Å²) in [5.41, 5.74) is 0.0650. The molecule has 1 aliphatic carbocycles. The average molecular weight is 155 g/mol. The van der Waals surface area contributed by atoms with Crippen molar-refractivity contribution < 1.29 is 14.7 Å². The highest BCUT2D eigenvalue weighted by Gasteiger charge is 2.53. The topological polar surface area (TPSA) is 57.6 Å². The zero-order valence-corrected chi connectivity index (χ0v) is 6.04. The summed E-state index contributed by atoms with van der Waals surface area (Å²) >= 11 is 0. The molecule has 1 N–H and O–H groups in total. The van der Waals surface area contributed by atoms with Crippen molar-refractivity contribution in [3.63, 3.8) is 0 Å². The number of hydrogen-bond acceptors (Lipinski definition) is 2. The van der Waals surface area contributed by atoms with Crippen LogP contribution in [0, 0.1) is 5.41 Å². The normalized spacial score (nSPS) is 26.2. The van der Waals surface area contributed by atoms with Gasteiger partial charge in [-0.05, 0) is 18.3 Å². The summed E-state index contributed by atoms with van der Waals surface area (Å²) in [6, 6.07) is 0. The lowest BCUT2D eigenvalue weighted by molar-refractivity contribution is -0.125. The van der Waals surface area contributed by atoms with Crippen molar-refractivity contribution in [2.24, 2.45) is 5.41 Å². The first-order valence-corrected chi connectivity index (χ1v) is 3.66. The van der Waals surface area contributed by atoms with Crippen LogP contribution in [0.25, 0.3) is 0 Å². The van der Waals surface area contributed by atoms with E-state index in [1.165, 1.54) is 0 Å². The highest BCUT2D eigenvalue weighted by Crippen LogP contribution is 2.52. The van der Waals surface area contributed by atoms with Crippen LogP contribution in [0.3, 0.4) is 0 Å². The van der Waals surface area contributed by atoms with E-state index >= 15 is 0 Å². The molecule has 1 heterocycles. The quantitative estimate of drug-likeness (QED) is 0.559. The number of hydrogen-bond donors (Lipinski definition) is 1. The van der Waals surface area contributed by atoms with Crippen molar-refractivity contribution in [3.05, 3.63) is 0 Å². The molecular weight excluding hydrogens is 146 g/mol. The third-order valence-electron chi connectivity index (χ3n) is 2.51. The van der Waals surface area contributed by atoms with E-state index in [4.69, 9.17) is 5.11 Å². The Bertz CT molecular complexity index is 232. The van der Waals surface area contributed by atoms with Gasteiger partial charge in [0.25, 0.3) is 0 Å². The zero-order valence-electron chi connectivity index (χ0n) is 6.04. The molecule has 0 unspecified atom stereocenters. The monoisotopic (exact) mass is 155 g/mol. The molecule has 0 aromatic carbocycles. The molecule has 2 amide bonds. The summed E-state index contributed by atoms with van der Waals surface area (Å²) in [5, 5.41) is 8.55. The molecule has 0 aromatic heterocycles. The standard InChI is InChI=1S/C7H9NO3/c9-5-3-7(1-2-7)4-8(5)6(10)11/h1-4H2,(H,10,11). The van der Waals surface area contributed by atoms with E-state index < -0.39 is 6.09 Å². The Balaban J connectivity index is 2.14. The lowest BCUT2D eigenvalue weighted by atomic mass is 10.1. The van der Waals surface area contributed by atoms with E-state index in [-0.39, 0.29) is 11.3 Å². The SMILES string of the molecule is O=C(O)N1CC2(CC2)CC1=O. The fraction of sp³-hybridized carbons (Fsp3) is 0.714. The molecule has 0 radical (unpaired) electrons. The van der Waals surface area contributed by atoms with E-state index in [1.54, 1.807) is 0 Å². The Kier molecular flexibility index (Phi) is 1.06. The van der Waals surface area contributed by atoms with Crippen LogP contribution in [0.1, 0.15) is 19.3 Å². The second-order valence-electron chi connectivity index (χ2n) is 3.44. The van der Waals surface area contributed by atoms with Crippen molar-refractivity contribution in [3.8, 4) is 0 Å². The van der Waals surface area contributed by atoms with Crippen molar-refractivity contribution in [1.82, 2.24) is 4.90 Å². The lowest BCUT2D eigenvalue weighted by Gasteiger charge is -2.07. The van der Waals surface area contributed by atoms with Gasteiger partial charge in [0.05, 0.1) is 0 Å². The molecule has 0 aromatic rings. The van der Waals surface area contributed by atoms with Gasteiger partial charge in [-0.25, -0.2) is 9.69 Å². The minimum Gasteiger partial charge on any atom is -0.465 e. The maximum absolute atomic E-state index is 11.0. The number of nitrogens with zero attached hydrogens (tertiary/aromatic N) is 1. The maximum atomic E-state index is 11.0. The van der Waals surface area contributed by atoms with E-state index in [2.05, 4.69) is 0 Å². The van der Waals surface area contributed by atoms with Crippen LogP contribution in [0.15, 0.2) is 0 Å². The first-order chi connectivity index (χ1) is 5.13. The van der Waals surface area contributed by atoms with Gasteiger partial charge in [-0.1, -0.05) is 0 Å². The molecule has 2 fully saturated rings. The predicted molar refractivity (Wildman–Crippen MR) is 36.0 cm³/mol. The van der Waals surface area contributed by atoms with Crippen molar-refractivity contribution in [2.45, 2.75) is 19.3 Å². The molecule has 1 saturated heterocycles. The van der Waals surface area contributed by atoms with Crippen LogP contribution >= 0.6 is 0 Å². The van der Waals surface area contributed by atoms with Crippen LogP contribution in [0.4, 0.5) is 4.79 Å².